The molecule has 6 heteroatoms. The van der Waals surface area contributed by atoms with Gasteiger partial charge in [-0.3, -0.25) is 0 Å². The molecule has 1 unspecified atom stereocenters. The minimum Gasteiger partial charge on any atom is -0.394 e. The zero-order valence-electron chi connectivity index (χ0n) is 21.1. The molecule has 2 heterocycles. The Balaban J connectivity index is 1.34. The highest BCUT2D eigenvalue weighted by Gasteiger charge is 2.52. The van der Waals surface area contributed by atoms with Crippen molar-refractivity contribution in [3.05, 3.63) is 108 Å². The molecule has 6 nitrogen and oxygen atoms in total. The Bertz CT molecular complexity index is 1060. The second-order valence-electron chi connectivity index (χ2n) is 9.83. The van der Waals surface area contributed by atoms with Crippen molar-refractivity contribution in [2.45, 2.75) is 69.3 Å². The lowest BCUT2D eigenvalue weighted by atomic mass is 9.93. The average molecular weight is 505 g/mol. The maximum Gasteiger partial charge on any atom is 0.172 e. The van der Waals surface area contributed by atoms with E-state index in [0.29, 0.717) is 39.3 Å². The summed E-state index contributed by atoms with van der Waals surface area (Å²) in [7, 11) is 0. The van der Waals surface area contributed by atoms with Crippen LogP contribution in [0.3, 0.4) is 0 Å². The molecule has 0 amide bonds. The van der Waals surface area contributed by atoms with E-state index in [1.807, 2.05) is 66.7 Å². The molecule has 2 aliphatic rings. The van der Waals surface area contributed by atoms with E-state index in [9.17, 15) is 5.11 Å². The van der Waals surface area contributed by atoms with Crippen LogP contribution in [-0.2, 0) is 43.5 Å². The van der Waals surface area contributed by atoms with Gasteiger partial charge in [-0.05, 0) is 23.1 Å². The molecule has 37 heavy (non-hydrogen) atoms. The van der Waals surface area contributed by atoms with Gasteiger partial charge < -0.3 is 28.8 Å². The highest BCUT2D eigenvalue weighted by molar-refractivity contribution is 5.15. The third-order valence-electron chi connectivity index (χ3n) is 7.03. The second kappa shape index (κ2) is 12.8. The molecule has 0 aromatic heterocycles. The molecule has 5 atom stereocenters. The first-order valence-corrected chi connectivity index (χ1v) is 13.1. The molecule has 196 valence electrons. The van der Waals surface area contributed by atoms with E-state index in [1.165, 1.54) is 0 Å². The third kappa shape index (κ3) is 7.05. The number of aliphatic hydroxyl groups is 1. The van der Waals surface area contributed by atoms with Crippen LogP contribution in [0.25, 0.3) is 0 Å². The van der Waals surface area contributed by atoms with Crippen molar-refractivity contribution in [1.29, 1.82) is 0 Å². The molecule has 1 N–H and O–H groups in total. The summed E-state index contributed by atoms with van der Waals surface area (Å²) >= 11 is 0. The Labute approximate surface area is 219 Å². The topological polar surface area (TPSA) is 66.4 Å². The van der Waals surface area contributed by atoms with E-state index in [2.05, 4.69) is 24.3 Å². The number of rotatable bonds is 11. The molecular formula is C31H36O6. The van der Waals surface area contributed by atoms with Crippen LogP contribution in [0, 0.1) is 0 Å². The molecular weight excluding hydrogens is 468 g/mol. The Morgan fingerprint density at radius 2 is 1.30 bits per heavy atom. The molecule has 0 saturated carbocycles. The highest BCUT2D eigenvalue weighted by atomic mass is 16.7. The van der Waals surface area contributed by atoms with Crippen LogP contribution in [0.15, 0.2) is 91.0 Å². The van der Waals surface area contributed by atoms with Gasteiger partial charge in [0.1, 0.15) is 12.2 Å². The number of hydrogen-bond acceptors (Lipinski definition) is 6. The van der Waals surface area contributed by atoms with Crippen molar-refractivity contribution in [2.75, 3.05) is 13.2 Å². The largest absolute Gasteiger partial charge is 0.394 e. The van der Waals surface area contributed by atoms with Crippen LogP contribution in [0.2, 0.25) is 0 Å². The molecule has 5 rings (SSSR count). The van der Waals surface area contributed by atoms with Gasteiger partial charge in [-0.2, -0.15) is 0 Å². The van der Waals surface area contributed by atoms with E-state index < -0.39 is 5.79 Å². The zero-order chi connectivity index (χ0) is 25.3. The summed E-state index contributed by atoms with van der Waals surface area (Å²) in [5.41, 5.74) is 3.29. The van der Waals surface area contributed by atoms with Crippen LogP contribution in [0.5, 0.6) is 0 Å². The molecule has 3 aromatic rings. The normalized spacial score (nSPS) is 27.5. The molecule has 2 aliphatic heterocycles. The predicted octanol–water partition coefficient (Wildman–Crippen LogP) is 5.03. The van der Waals surface area contributed by atoms with E-state index in [4.69, 9.17) is 23.7 Å². The van der Waals surface area contributed by atoms with Crippen LogP contribution < -0.4 is 0 Å². The first-order valence-electron chi connectivity index (χ1n) is 13.1. The first-order chi connectivity index (χ1) is 18.2. The van der Waals surface area contributed by atoms with E-state index in [0.717, 1.165) is 23.1 Å². The summed E-state index contributed by atoms with van der Waals surface area (Å²) in [6.07, 6.45) is 0.744. The summed E-state index contributed by atoms with van der Waals surface area (Å²) in [5.74, 6) is -0.817. The minimum absolute atomic E-state index is 0.0240. The van der Waals surface area contributed by atoms with Crippen molar-refractivity contribution < 1.29 is 28.8 Å². The Kier molecular flexibility index (Phi) is 9.00. The van der Waals surface area contributed by atoms with Crippen LogP contribution in [-0.4, -0.2) is 48.5 Å². The van der Waals surface area contributed by atoms with E-state index in [1.54, 1.807) is 0 Å². The van der Waals surface area contributed by atoms with Gasteiger partial charge in [-0.1, -0.05) is 91.0 Å². The Morgan fingerprint density at radius 3 is 1.86 bits per heavy atom. The highest BCUT2D eigenvalue weighted by Crippen LogP contribution is 2.43. The Morgan fingerprint density at radius 1 is 0.730 bits per heavy atom. The summed E-state index contributed by atoms with van der Waals surface area (Å²) in [6.45, 7) is 1.71. The van der Waals surface area contributed by atoms with Crippen LogP contribution >= 0.6 is 0 Å². The smallest absolute Gasteiger partial charge is 0.172 e. The fourth-order valence-corrected chi connectivity index (χ4v) is 5.13. The monoisotopic (exact) mass is 504 g/mol. The summed E-state index contributed by atoms with van der Waals surface area (Å²) in [5, 5.41) is 9.73. The standard InChI is InChI=1S/C31H36O6/c32-19-27-16-17-31(36-27)18-28(34-21-25-12-6-2-7-13-25)30(35-22-26-14-8-3-9-15-26)29(37-31)23-33-20-24-10-4-1-5-11-24/h1-15,27-30,32H,16-23H2/t27-,28+,29+,30-,31?/m0/s1. The maximum absolute atomic E-state index is 9.73. The molecule has 2 saturated heterocycles. The minimum atomic E-state index is -0.817. The molecule has 0 radical (unpaired) electrons. The lowest BCUT2D eigenvalue weighted by Crippen LogP contribution is -2.57. The van der Waals surface area contributed by atoms with E-state index >= 15 is 0 Å². The fourth-order valence-electron chi connectivity index (χ4n) is 5.13. The van der Waals surface area contributed by atoms with Crippen molar-refractivity contribution in [1.82, 2.24) is 0 Å². The SMILES string of the molecule is OC[C@@H]1CCC2(C[C@@H](OCc3ccccc3)[C@H](OCc3ccccc3)[C@@H](COCc3ccccc3)O2)O1. The van der Waals surface area contributed by atoms with Crippen molar-refractivity contribution >= 4 is 0 Å². The van der Waals surface area contributed by atoms with Gasteiger partial charge in [0.25, 0.3) is 0 Å². The number of ether oxygens (including phenoxy) is 5. The third-order valence-corrected chi connectivity index (χ3v) is 7.03. The zero-order valence-corrected chi connectivity index (χ0v) is 21.1. The van der Waals surface area contributed by atoms with Crippen molar-refractivity contribution in [2.24, 2.45) is 0 Å². The quantitative estimate of drug-likeness (QED) is 0.395. The predicted molar refractivity (Wildman–Crippen MR) is 140 cm³/mol. The Hall–Kier alpha value is -2.58. The summed E-state index contributed by atoms with van der Waals surface area (Å²) < 4.78 is 32.1. The lowest BCUT2D eigenvalue weighted by molar-refractivity contribution is -0.330. The molecule has 1 spiro atoms. The van der Waals surface area contributed by atoms with Crippen LogP contribution in [0.4, 0.5) is 0 Å². The lowest BCUT2D eigenvalue weighted by Gasteiger charge is -2.46. The van der Waals surface area contributed by atoms with Crippen LogP contribution in [0.1, 0.15) is 36.0 Å². The van der Waals surface area contributed by atoms with Gasteiger partial charge in [0.2, 0.25) is 0 Å². The summed E-state index contributed by atoms with van der Waals surface area (Å²) in [6, 6.07) is 30.4. The number of benzene rings is 3. The van der Waals surface area contributed by atoms with Gasteiger partial charge in [0, 0.05) is 12.8 Å². The fraction of sp³-hybridized carbons (Fsp3) is 0.419. The van der Waals surface area contributed by atoms with Gasteiger partial charge >= 0.3 is 0 Å². The second-order valence-corrected chi connectivity index (χ2v) is 9.83. The maximum atomic E-state index is 9.73. The average Bonchev–Trinajstić information content (AvgIpc) is 3.35. The van der Waals surface area contributed by atoms with Crippen molar-refractivity contribution in [3.63, 3.8) is 0 Å². The molecule has 3 aromatic carbocycles. The molecule has 0 aliphatic carbocycles. The first kappa shape index (κ1) is 26.0. The van der Waals surface area contributed by atoms with Gasteiger partial charge in [-0.25, -0.2) is 0 Å². The number of hydrogen-bond donors (Lipinski definition) is 1. The van der Waals surface area contributed by atoms with E-state index in [-0.39, 0.29) is 31.0 Å². The van der Waals surface area contributed by atoms with Gasteiger partial charge in [0.15, 0.2) is 5.79 Å². The van der Waals surface area contributed by atoms with Gasteiger partial charge in [0.05, 0.1) is 45.2 Å². The van der Waals surface area contributed by atoms with Gasteiger partial charge in [-0.15, -0.1) is 0 Å². The number of aliphatic hydroxyl groups excluding tert-OH is 1. The summed E-state index contributed by atoms with van der Waals surface area (Å²) in [4.78, 5) is 0. The molecule has 0 bridgehead atoms. The van der Waals surface area contributed by atoms with Crippen molar-refractivity contribution in [3.8, 4) is 0 Å². The molecule has 2 fully saturated rings.